The highest BCUT2D eigenvalue weighted by atomic mass is 16.5. The Morgan fingerprint density at radius 1 is 1.53 bits per heavy atom. The highest BCUT2D eigenvalue weighted by Gasteiger charge is 2.07. The van der Waals surface area contributed by atoms with Gasteiger partial charge in [0.15, 0.2) is 0 Å². The summed E-state index contributed by atoms with van der Waals surface area (Å²) < 4.78 is 6.53. The first-order valence-corrected chi connectivity index (χ1v) is 6.02. The maximum Gasteiger partial charge on any atom is 0.319 e. The molecule has 0 aliphatic carbocycles. The number of methoxy groups -OCH3 is 1. The first-order valence-electron chi connectivity index (χ1n) is 6.02. The van der Waals surface area contributed by atoms with Gasteiger partial charge in [0, 0.05) is 12.7 Å². The first kappa shape index (κ1) is 13.7. The predicted octanol–water partition coefficient (Wildman–Crippen LogP) is 1.51. The Morgan fingerprint density at radius 3 is 2.82 bits per heavy atom. The van der Waals surface area contributed by atoms with Gasteiger partial charge in [-0.3, -0.25) is 9.48 Å². The number of nitrogens with zero attached hydrogens (tertiary/aromatic N) is 2. The van der Waals surface area contributed by atoms with Crippen molar-refractivity contribution in [3.63, 3.8) is 0 Å². The van der Waals surface area contributed by atoms with Crippen LogP contribution in [0, 0.1) is 0 Å². The van der Waals surface area contributed by atoms with Gasteiger partial charge in [-0.25, -0.2) is 0 Å². The van der Waals surface area contributed by atoms with Gasteiger partial charge in [-0.05, 0) is 18.9 Å². The Labute approximate surface area is 102 Å². The molecule has 1 aromatic rings. The molecule has 1 rings (SSSR count). The Morgan fingerprint density at radius 2 is 2.24 bits per heavy atom. The molecule has 0 saturated carbocycles. The number of esters is 1. The number of carbonyl (C=O) groups is 1. The molecule has 0 fully saturated rings. The minimum Gasteiger partial charge on any atom is -0.468 e. The van der Waals surface area contributed by atoms with E-state index in [0.29, 0.717) is 12.6 Å². The van der Waals surface area contributed by atoms with Crippen molar-refractivity contribution in [2.75, 3.05) is 13.7 Å². The van der Waals surface area contributed by atoms with Gasteiger partial charge < -0.3 is 10.1 Å². The van der Waals surface area contributed by atoms with E-state index in [1.807, 2.05) is 16.9 Å². The lowest BCUT2D eigenvalue weighted by atomic mass is 10.2. The minimum absolute atomic E-state index is 0.217. The van der Waals surface area contributed by atoms with Gasteiger partial charge in [0.1, 0.15) is 0 Å². The summed E-state index contributed by atoms with van der Waals surface area (Å²) in [7, 11) is 1.38. The van der Waals surface area contributed by atoms with E-state index in [2.05, 4.69) is 29.0 Å². The number of aromatic nitrogens is 2. The van der Waals surface area contributed by atoms with Gasteiger partial charge in [0.25, 0.3) is 0 Å². The van der Waals surface area contributed by atoms with Gasteiger partial charge in [0.2, 0.25) is 0 Å². The summed E-state index contributed by atoms with van der Waals surface area (Å²) in [6, 6.07) is 2.44. The predicted molar refractivity (Wildman–Crippen MR) is 65.6 cm³/mol. The fraction of sp³-hybridized carbons (Fsp3) is 0.667. The number of nitrogens with one attached hydrogen (secondary N) is 1. The van der Waals surface area contributed by atoms with Crippen molar-refractivity contribution in [2.45, 2.75) is 39.3 Å². The summed E-state index contributed by atoms with van der Waals surface area (Å²) in [4.78, 5) is 10.9. The van der Waals surface area contributed by atoms with E-state index < -0.39 is 0 Å². The maximum absolute atomic E-state index is 10.9. The van der Waals surface area contributed by atoms with E-state index >= 15 is 0 Å². The second-order valence-corrected chi connectivity index (χ2v) is 3.94. The molecule has 0 amide bonds. The van der Waals surface area contributed by atoms with Crippen LogP contribution >= 0.6 is 0 Å². The molecular weight excluding hydrogens is 218 g/mol. The van der Waals surface area contributed by atoms with Crippen LogP contribution in [0.5, 0.6) is 0 Å². The van der Waals surface area contributed by atoms with Crippen LogP contribution in [0.15, 0.2) is 12.3 Å². The molecule has 0 aliphatic rings. The molecular formula is C12H21N3O2. The highest BCUT2D eigenvalue weighted by molar-refractivity contribution is 5.71. The number of rotatable bonds is 7. The van der Waals surface area contributed by atoms with E-state index in [0.717, 1.165) is 18.5 Å². The lowest BCUT2D eigenvalue weighted by molar-refractivity contribution is -0.139. The fourth-order valence-electron chi connectivity index (χ4n) is 1.70. The molecule has 0 radical (unpaired) electrons. The van der Waals surface area contributed by atoms with Crippen LogP contribution in [0.1, 0.15) is 38.4 Å². The largest absolute Gasteiger partial charge is 0.468 e. The molecule has 1 heterocycles. The smallest absolute Gasteiger partial charge is 0.319 e. The third-order valence-corrected chi connectivity index (χ3v) is 2.78. The number of hydrogen-bond acceptors (Lipinski definition) is 4. The zero-order valence-corrected chi connectivity index (χ0v) is 10.8. The summed E-state index contributed by atoms with van der Waals surface area (Å²) in [6.45, 7) is 5.12. The average molecular weight is 239 g/mol. The molecule has 0 unspecified atom stereocenters. The van der Waals surface area contributed by atoms with Crippen LogP contribution in [-0.2, 0) is 16.1 Å². The summed E-state index contributed by atoms with van der Waals surface area (Å²) in [5, 5.41) is 7.47. The Kier molecular flexibility index (Phi) is 5.69. The lowest BCUT2D eigenvalue weighted by Gasteiger charge is -2.12. The third-order valence-electron chi connectivity index (χ3n) is 2.78. The van der Waals surface area contributed by atoms with Crippen molar-refractivity contribution in [3.8, 4) is 0 Å². The SMILES string of the molecule is CCC(CC)n1ccc(CNCC(=O)OC)n1. The molecule has 1 aromatic heterocycles. The minimum atomic E-state index is -0.260. The van der Waals surface area contributed by atoms with Crippen molar-refractivity contribution in [2.24, 2.45) is 0 Å². The van der Waals surface area contributed by atoms with E-state index in [1.165, 1.54) is 7.11 Å². The van der Waals surface area contributed by atoms with Gasteiger partial charge in [-0.1, -0.05) is 13.8 Å². The van der Waals surface area contributed by atoms with E-state index in [9.17, 15) is 4.79 Å². The quantitative estimate of drug-likeness (QED) is 0.733. The molecule has 5 nitrogen and oxygen atoms in total. The van der Waals surface area contributed by atoms with Gasteiger partial charge >= 0.3 is 5.97 Å². The van der Waals surface area contributed by atoms with Crippen LogP contribution in [0.25, 0.3) is 0 Å². The molecule has 0 aromatic carbocycles. The van der Waals surface area contributed by atoms with Gasteiger partial charge in [-0.15, -0.1) is 0 Å². The topological polar surface area (TPSA) is 56.2 Å². The van der Waals surface area contributed by atoms with E-state index in [1.54, 1.807) is 0 Å². The molecule has 0 aliphatic heterocycles. The molecule has 96 valence electrons. The van der Waals surface area contributed by atoms with Crippen LogP contribution in [-0.4, -0.2) is 29.4 Å². The van der Waals surface area contributed by atoms with Crippen LogP contribution in [0.2, 0.25) is 0 Å². The van der Waals surface area contributed by atoms with Crippen molar-refractivity contribution < 1.29 is 9.53 Å². The molecule has 5 heteroatoms. The second kappa shape index (κ2) is 7.06. The van der Waals surface area contributed by atoms with Gasteiger partial charge in [0.05, 0.1) is 25.4 Å². The fourth-order valence-corrected chi connectivity index (χ4v) is 1.70. The Bertz CT molecular complexity index is 345. The van der Waals surface area contributed by atoms with Crippen molar-refractivity contribution >= 4 is 5.97 Å². The van der Waals surface area contributed by atoms with Crippen LogP contribution in [0.3, 0.4) is 0 Å². The third kappa shape index (κ3) is 4.19. The molecule has 0 atom stereocenters. The van der Waals surface area contributed by atoms with E-state index in [-0.39, 0.29) is 12.5 Å². The molecule has 0 bridgehead atoms. The van der Waals surface area contributed by atoms with Crippen molar-refractivity contribution in [3.05, 3.63) is 18.0 Å². The lowest BCUT2D eigenvalue weighted by Crippen LogP contribution is -2.23. The maximum atomic E-state index is 10.9. The van der Waals surface area contributed by atoms with E-state index in [4.69, 9.17) is 0 Å². The summed E-state index contributed by atoms with van der Waals surface area (Å²) in [6.07, 6.45) is 4.15. The standard InChI is InChI=1S/C12H21N3O2/c1-4-11(5-2)15-7-6-10(14-15)8-13-9-12(16)17-3/h6-7,11,13H,4-5,8-9H2,1-3H3. The normalized spacial score (nSPS) is 10.8. The zero-order chi connectivity index (χ0) is 12.7. The number of carbonyl (C=O) groups excluding carboxylic acids is 1. The molecule has 1 N–H and O–H groups in total. The second-order valence-electron chi connectivity index (χ2n) is 3.94. The molecule has 17 heavy (non-hydrogen) atoms. The first-order chi connectivity index (χ1) is 8.21. The van der Waals surface area contributed by atoms with Gasteiger partial charge in [-0.2, -0.15) is 5.10 Å². The van der Waals surface area contributed by atoms with Crippen molar-refractivity contribution in [1.29, 1.82) is 0 Å². The summed E-state index contributed by atoms with van der Waals surface area (Å²) >= 11 is 0. The number of hydrogen-bond donors (Lipinski definition) is 1. The Hall–Kier alpha value is -1.36. The molecule has 0 saturated heterocycles. The number of ether oxygens (including phenoxy) is 1. The highest BCUT2D eigenvalue weighted by Crippen LogP contribution is 2.14. The summed E-state index contributed by atoms with van der Waals surface area (Å²) in [5.74, 6) is -0.260. The zero-order valence-electron chi connectivity index (χ0n) is 10.8. The molecule has 0 spiro atoms. The monoisotopic (exact) mass is 239 g/mol. The average Bonchev–Trinajstić information content (AvgIpc) is 2.79. The summed E-state index contributed by atoms with van der Waals surface area (Å²) in [5.41, 5.74) is 0.945. The Balaban J connectivity index is 2.43. The van der Waals surface area contributed by atoms with Crippen LogP contribution < -0.4 is 5.32 Å². The van der Waals surface area contributed by atoms with Crippen molar-refractivity contribution in [1.82, 2.24) is 15.1 Å². The van der Waals surface area contributed by atoms with Crippen LogP contribution in [0.4, 0.5) is 0 Å².